The van der Waals surface area contributed by atoms with Gasteiger partial charge in [0.2, 0.25) is 11.0 Å². The van der Waals surface area contributed by atoms with Crippen molar-refractivity contribution in [2.75, 3.05) is 12.4 Å². The van der Waals surface area contributed by atoms with Gasteiger partial charge < -0.3 is 4.74 Å². The highest BCUT2D eigenvalue weighted by molar-refractivity contribution is 7.15. The standard InChI is InChI=1S/C18H23N3O2S/c1-3-15-20-21-17(24-15)19-16(22)18(11-5-4-6-12-18)13-7-9-14(23-2)10-8-13/h7-10H,3-6,11-12H2,1-2H3,(H,19,21,22). The number of methoxy groups -OCH3 is 1. The molecule has 0 atom stereocenters. The van der Waals surface area contributed by atoms with Crippen molar-refractivity contribution in [2.45, 2.75) is 50.9 Å². The van der Waals surface area contributed by atoms with E-state index in [1.165, 1.54) is 17.8 Å². The van der Waals surface area contributed by atoms with Gasteiger partial charge in [-0.3, -0.25) is 10.1 Å². The summed E-state index contributed by atoms with van der Waals surface area (Å²) in [7, 11) is 1.65. The lowest BCUT2D eigenvalue weighted by Crippen LogP contribution is -2.42. The molecule has 0 bridgehead atoms. The van der Waals surface area contributed by atoms with Crippen LogP contribution in [-0.2, 0) is 16.6 Å². The summed E-state index contributed by atoms with van der Waals surface area (Å²) in [4.78, 5) is 13.1. The average molecular weight is 345 g/mol. The molecule has 2 aromatic rings. The van der Waals surface area contributed by atoms with E-state index >= 15 is 0 Å². The molecule has 1 aromatic heterocycles. The molecule has 1 amide bonds. The minimum absolute atomic E-state index is 0.0335. The third kappa shape index (κ3) is 3.29. The first-order chi connectivity index (χ1) is 11.7. The fourth-order valence-corrected chi connectivity index (χ4v) is 4.05. The van der Waals surface area contributed by atoms with Crippen molar-refractivity contribution in [1.29, 1.82) is 0 Å². The van der Waals surface area contributed by atoms with E-state index in [2.05, 4.69) is 15.5 Å². The summed E-state index contributed by atoms with van der Waals surface area (Å²) < 4.78 is 5.24. The molecule has 1 saturated carbocycles. The Balaban J connectivity index is 1.87. The van der Waals surface area contributed by atoms with Crippen LogP contribution in [0.5, 0.6) is 5.75 Å². The van der Waals surface area contributed by atoms with Crippen molar-refractivity contribution >= 4 is 22.4 Å². The minimum Gasteiger partial charge on any atom is -0.497 e. The molecule has 1 fully saturated rings. The predicted molar refractivity (Wildman–Crippen MR) is 95.7 cm³/mol. The highest BCUT2D eigenvalue weighted by Gasteiger charge is 2.41. The molecule has 6 heteroatoms. The van der Waals surface area contributed by atoms with E-state index in [0.717, 1.165) is 48.4 Å². The zero-order chi connectivity index (χ0) is 17.0. The fourth-order valence-electron chi connectivity index (χ4n) is 3.38. The Bertz CT molecular complexity index is 691. The van der Waals surface area contributed by atoms with Crippen LogP contribution in [0, 0.1) is 0 Å². The molecule has 24 heavy (non-hydrogen) atoms. The lowest BCUT2D eigenvalue weighted by molar-refractivity contribution is -0.122. The Hall–Kier alpha value is -1.95. The topological polar surface area (TPSA) is 64.1 Å². The first-order valence-electron chi connectivity index (χ1n) is 8.46. The number of nitrogens with zero attached hydrogens (tertiary/aromatic N) is 2. The van der Waals surface area contributed by atoms with Gasteiger partial charge in [-0.15, -0.1) is 10.2 Å². The molecule has 5 nitrogen and oxygen atoms in total. The highest BCUT2D eigenvalue weighted by atomic mass is 32.1. The van der Waals surface area contributed by atoms with Crippen molar-refractivity contribution in [3.05, 3.63) is 34.8 Å². The summed E-state index contributed by atoms with van der Waals surface area (Å²) in [5.74, 6) is 0.841. The molecule has 3 rings (SSSR count). The summed E-state index contributed by atoms with van der Waals surface area (Å²) in [5, 5.41) is 12.7. The van der Waals surface area contributed by atoms with Gasteiger partial charge in [0.25, 0.3) is 0 Å². The maximum Gasteiger partial charge on any atom is 0.236 e. The summed E-state index contributed by atoms with van der Waals surface area (Å²) >= 11 is 1.45. The Morgan fingerprint density at radius 2 is 1.92 bits per heavy atom. The van der Waals surface area contributed by atoms with E-state index in [9.17, 15) is 4.79 Å². The molecule has 0 aliphatic heterocycles. The number of amides is 1. The summed E-state index contributed by atoms with van der Waals surface area (Å²) in [6.45, 7) is 2.03. The van der Waals surface area contributed by atoms with Crippen LogP contribution in [0.4, 0.5) is 5.13 Å². The molecule has 1 aliphatic rings. The Kier molecular flexibility index (Phi) is 5.14. The third-order valence-electron chi connectivity index (χ3n) is 4.77. The molecule has 1 aliphatic carbocycles. The second-order valence-corrected chi connectivity index (χ2v) is 7.24. The normalized spacial score (nSPS) is 16.6. The first kappa shape index (κ1) is 16.9. The van der Waals surface area contributed by atoms with E-state index in [1.54, 1.807) is 7.11 Å². The number of hydrogen-bond donors (Lipinski definition) is 1. The summed E-state index contributed by atoms with van der Waals surface area (Å²) in [6.07, 6.45) is 5.88. The number of aromatic nitrogens is 2. The van der Waals surface area contributed by atoms with Crippen LogP contribution in [0.3, 0.4) is 0 Å². The first-order valence-corrected chi connectivity index (χ1v) is 9.28. The number of nitrogens with one attached hydrogen (secondary N) is 1. The Morgan fingerprint density at radius 1 is 1.21 bits per heavy atom. The van der Waals surface area contributed by atoms with Gasteiger partial charge in [0.15, 0.2) is 0 Å². The monoisotopic (exact) mass is 345 g/mol. The number of anilines is 1. The van der Waals surface area contributed by atoms with Gasteiger partial charge in [-0.1, -0.05) is 49.7 Å². The molecule has 0 radical (unpaired) electrons. The summed E-state index contributed by atoms with van der Waals surface area (Å²) in [6, 6.07) is 7.89. The number of carbonyl (C=O) groups excluding carboxylic acids is 1. The average Bonchev–Trinajstić information content (AvgIpc) is 3.10. The number of hydrogen-bond acceptors (Lipinski definition) is 5. The second-order valence-electron chi connectivity index (χ2n) is 6.18. The van der Waals surface area contributed by atoms with Gasteiger partial charge in [0.05, 0.1) is 12.5 Å². The number of carbonyl (C=O) groups is 1. The van der Waals surface area contributed by atoms with Crippen molar-refractivity contribution in [3.63, 3.8) is 0 Å². The molecule has 1 aromatic carbocycles. The largest absolute Gasteiger partial charge is 0.497 e. The number of aryl methyl sites for hydroxylation is 1. The molecule has 1 heterocycles. The van der Waals surface area contributed by atoms with Crippen molar-refractivity contribution < 1.29 is 9.53 Å². The third-order valence-corrected chi connectivity index (χ3v) is 5.76. The van der Waals surface area contributed by atoms with Crippen LogP contribution >= 0.6 is 11.3 Å². The van der Waals surface area contributed by atoms with Gasteiger partial charge in [-0.05, 0) is 37.0 Å². The minimum atomic E-state index is -0.484. The van der Waals surface area contributed by atoms with Crippen LogP contribution < -0.4 is 10.1 Å². The van der Waals surface area contributed by atoms with E-state index in [-0.39, 0.29) is 5.91 Å². The van der Waals surface area contributed by atoms with Crippen molar-refractivity contribution in [1.82, 2.24) is 10.2 Å². The zero-order valence-corrected chi connectivity index (χ0v) is 15.0. The lowest BCUT2D eigenvalue weighted by atomic mass is 9.68. The Labute approximate surface area is 146 Å². The van der Waals surface area contributed by atoms with Crippen LogP contribution in [-0.4, -0.2) is 23.2 Å². The molecular formula is C18H23N3O2S. The van der Waals surface area contributed by atoms with Gasteiger partial charge >= 0.3 is 0 Å². The molecule has 0 spiro atoms. The van der Waals surface area contributed by atoms with Gasteiger partial charge in [-0.2, -0.15) is 0 Å². The quantitative estimate of drug-likeness (QED) is 0.891. The van der Waals surface area contributed by atoms with E-state index in [0.29, 0.717) is 5.13 Å². The lowest BCUT2D eigenvalue weighted by Gasteiger charge is -2.36. The maximum absolute atomic E-state index is 13.1. The molecule has 128 valence electrons. The van der Waals surface area contributed by atoms with Crippen molar-refractivity contribution in [2.24, 2.45) is 0 Å². The van der Waals surface area contributed by atoms with Gasteiger partial charge in [0, 0.05) is 0 Å². The van der Waals surface area contributed by atoms with E-state index in [4.69, 9.17) is 4.74 Å². The van der Waals surface area contributed by atoms with E-state index < -0.39 is 5.41 Å². The van der Waals surface area contributed by atoms with Gasteiger partial charge in [-0.25, -0.2) is 0 Å². The highest BCUT2D eigenvalue weighted by Crippen LogP contribution is 2.41. The van der Waals surface area contributed by atoms with Crippen LogP contribution in [0.15, 0.2) is 24.3 Å². The van der Waals surface area contributed by atoms with Crippen LogP contribution in [0.25, 0.3) is 0 Å². The number of ether oxygens (including phenoxy) is 1. The smallest absolute Gasteiger partial charge is 0.236 e. The molecule has 1 N–H and O–H groups in total. The Morgan fingerprint density at radius 3 is 2.50 bits per heavy atom. The molecule has 0 unspecified atom stereocenters. The second kappa shape index (κ2) is 7.30. The zero-order valence-electron chi connectivity index (χ0n) is 14.2. The van der Waals surface area contributed by atoms with E-state index in [1.807, 2.05) is 31.2 Å². The van der Waals surface area contributed by atoms with Crippen LogP contribution in [0.2, 0.25) is 0 Å². The SMILES string of the molecule is CCc1nnc(NC(=O)C2(c3ccc(OC)cc3)CCCCC2)s1. The number of rotatable bonds is 5. The summed E-state index contributed by atoms with van der Waals surface area (Å²) in [5.41, 5.74) is 0.573. The molecule has 0 saturated heterocycles. The number of benzene rings is 1. The van der Waals surface area contributed by atoms with Gasteiger partial charge in [0.1, 0.15) is 10.8 Å². The van der Waals surface area contributed by atoms with Crippen LogP contribution in [0.1, 0.15) is 49.6 Å². The fraction of sp³-hybridized carbons (Fsp3) is 0.500. The molecular weight excluding hydrogens is 322 g/mol. The maximum atomic E-state index is 13.1. The predicted octanol–water partition coefficient (Wildman–Crippen LogP) is 3.95. The van der Waals surface area contributed by atoms with Crippen molar-refractivity contribution in [3.8, 4) is 5.75 Å².